The number of rotatable bonds is 6. The highest BCUT2D eigenvalue weighted by Gasteiger charge is 2.58. The average molecular weight is 519 g/mol. The van der Waals surface area contributed by atoms with Gasteiger partial charge in [-0.15, -0.1) is 0 Å². The molecule has 0 bridgehead atoms. The average Bonchev–Trinajstić information content (AvgIpc) is 3.45. The van der Waals surface area contributed by atoms with E-state index in [1.807, 2.05) is 18.2 Å². The van der Waals surface area contributed by atoms with Gasteiger partial charge in [0.2, 0.25) is 0 Å². The number of benzene rings is 2. The third kappa shape index (κ3) is 5.27. The van der Waals surface area contributed by atoms with Crippen molar-refractivity contribution < 1.29 is 44.6 Å². The van der Waals surface area contributed by atoms with Crippen LogP contribution >= 0.6 is 0 Å². The summed E-state index contributed by atoms with van der Waals surface area (Å²) in [6, 6.07) is 8.63. The highest BCUT2D eigenvalue weighted by atomic mass is 32.2. The SMILES string of the molecule is CS(=O)(=O)c1ccc(OCC(F)(F)C(F)(F)F)c(C(=O)N2Cc3ccc(C4CCOC4)cc3C2)c1. The molecular weight excluding hydrogens is 497 g/mol. The fourth-order valence-corrected chi connectivity index (χ4v) is 4.71. The summed E-state index contributed by atoms with van der Waals surface area (Å²) < 4.78 is 98.6. The minimum Gasteiger partial charge on any atom is -0.486 e. The molecule has 0 spiro atoms. The molecule has 190 valence electrons. The van der Waals surface area contributed by atoms with E-state index in [9.17, 15) is 35.2 Å². The zero-order valence-electron chi connectivity index (χ0n) is 18.6. The first-order valence-electron chi connectivity index (χ1n) is 10.7. The monoisotopic (exact) mass is 519 g/mol. The molecule has 4 rings (SSSR count). The van der Waals surface area contributed by atoms with E-state index >= 15 is 0 Å². The van der Waals surface area contributed by atoms with Gasteiger partial charge in [0.05, 0.1) is 17.1 Å². The van der Waals surface area contributed by atoms with Crippen molar-refractivity contribution in [3.8, 4) is 5.75 Å². The molecule has 1 saturated heterocycles. The van der Waals surface area contributed by atoms with E-state index in [2.05, 4.69) is 0 Å². The number of fused-ring (bicyclic) bond motifs is 1. The molecule has 2 aromatic rings. The third-order valence-electron chi connectivity index (χ3n) is 6.07. The van der Waals surface area contributed by atoms with Crippen LogP contribution in [0.25, 0.3) is 0 Å². The minimum absolute atomic E-state index is 0.164. The van der Waals surface area contributed by atoms with Crippen LogP contribution in [0.4, 0.5) is 22.0 Å². The van der Waals surface area contributed by atoms with Crippen LogP contribution in [-0.2, 0) is 27.7 Å². The summed E-state index contributed by atoms with van der Waals surface area (Å²) in [4.78, 5) is 14.4. The van der Waals surface area contributed by atoms with Crippen LogP contribution in [0.5, 0.6) is 5.75 Å². The summed E-state index contributed by atoms with van der Waals surface area (Å²) >= 11 is 0. The molecule has 2 aliphatic rings. The summed E-state index contributed by atoms with van der Waals surface area (Å²) in [5, 5.41) is 0. The van der Waals surface area contributed by atoms with E-state index in [1.165, 1.54) is 4.90 Å². The smallest absolute Gasteiger partial charge is 0.456 e. The molecule has 1 unspecified atom stereocenters. The van der Waals surface area contributed by atoms with Crippen LogP contribution in [0.2, 0.25) is 0 Å². The first kappa shape index (κ1) is 25.4. The Morgan fingerprint density at radius 3 is 2.43 bits per heavy atom. The predicted octanol–water partition coefficient (Wildman–Crippen LogP) is 4.33. The molecule has 0 saturated carbocycles. The number of hydrogen-bond acceptors (Lipinski definition) is 5. The van der Waals surface area contributed by atoms with Gasteiger partial charge in [-0.25, -0.2) is 8.42 Å². The second-order valence-electron chi connectivity index (χ2n) is 8.67. The van der Waals surface area contributed by atoms with Gasteiger partial charge in [-0.3, -0.25) is 4.79 Å². The van der Waals surface area contributed by atoms with Crippen LogP contribution in [0.15, 0.2) is 41.3 Å². The van der Waals surface area contributed by atoms with Crippen molar-refractivity contribution in [1.29, 1.82) is 0 Å². The number of ether oxygens (including phenoxy) is 2. The van der Waals surface area contributed by atoms with Crippen molar-refractivity contribution in [2.45, 2.75) is 42.4 Å². The number of carbonyl (C=O) groups excluding carboxylic acids is 1. The van der Waals surface area contributed by atoms with Crippen molar-refractivity contribution in [3.63, 3.8) is 0 Å². The van der Waals surface area contributed by atoms with E-state index < -0.39 is 45.8 Å². The maximum absolute atomic E-state index is 13.4. The molecule has 12 heteroatoms. The molecule has 1 fully saturated rings. The molecular formula is C23H22F5NO5S. The molecule has 1 atom stereocenters. The van der Waals surface area contributed by atoms with Gasteiger partial charge in [-0.2, -0.15) is 22.0 Å². The molecule has 0 N–H and O–H groups in total. The Kier molecular flexibility index (Phi) is 6.56. The Hall–Kier alpha value is -2.73. The van der Waals surface area contributed by atoms with E-state index in [0.29, 0.717) is 13.2 Å². The summed E-state index contributed by atoms with van der Waals surface area (Å²) in [5.74, 6) is -6.23. The number of carbonyl (C=O) groups is 1. The second kappa shape index (κ2) is 9.05. The largest absolute Gasteiger partial charge is 0.486 e. The molecule has 0 radical (unpaired) electrons. The van der Waals surface area contributed by atoms with E-state index in [-0.39, 0.29) is 23.9 Å². The van der Waals surface area contributed by atoms with Crippen LogP contribution in [0, 0.1) is 0 Å². The van der Waals surface area contributed by atoms with Crippen molar-refractivity contribution in [2.24, 2.45) is 0 Å². The van der Waals surface area contributed by atoms with Gasteiger partial charge in [0.1, 0.15) is 5.75 Å². The zero-order chi connectivity index (χ0) is 25.6. The standard InChI is InChI=1S/C23H22F5NO5S/c1-35(31,32)18-4-5-20(34-13-22(24,25)23(26,27)28)19(9-18)21(30)29-10-15-3-2-14(8-17(15)11-29)16-6-7-33-12-16/h2-5,8-9,16H,6-7,10-13H2,1H3. The highest BCUT2D eigenvalue weighted by Crippen LogP contribution is 2.37. The van der Waals surface area contributed by atoms with E-state index in [0.717, 1.165) is 47.6 Å². The Morgan fingerprint density at radius 2 is 1.80 bits per heavy atom. The minimum atomic E-state index is -5.84. The lowest BCUT2D eigenvalue weighted by atomic mass is 9.95. The normalized spacial score (nSPS) is 18.6. The molecule has 0 aromatic heterocycles. The van der Waals surface area contributed by atoms with Gasteiger partial charge in [0.15, 0.2) is 16.4 Å². The fraction of sp³-hybridized carbons (Fsp3) is 0.435. The number of hydrogen-bond donors (Lipinski definition) is 0. The molecule has 2 aliphatic heterocycles. The maximum Gasteiger partial charge on any atom is 0.456 e. The van der Waals surface area contributed by atoms with Gasteiger partial charge in [-0.1, -0.05) is 18.2 Å². The molecule has 2 aromatic carbocycles. The van der Waals surface area contributed by atoms with Gasteiger partial charge in [0, 0.05) is 31.9 Å². The zero-order valence-corrected chi connectivity index (χ0v) is 19.4. The Bertz CT molecular complexity index is 1240. The predicted molar refractivity (Wildman–Crippen MR) is 114 cm³/mol. The van der Waals surface area contributed by atoms with E-state index in [1.54, 1.807) is 0 Å². The Labute approximate surface area is 198 Å². The molecule has 0 aliphatic carbocycles. The van der Waals surface area contributed by atoms with Crippen LogP contribution in [-0.4, -0.2) is 57.4 Å². The summed E-state index contributed by atoms with van der Waals surface area (Å²) in [5.41, 5.74) is 2.37. The molecule has 1 amide bonds. The molecule has 6 nitrogen and oxygen atoms in total. The topological polar surface area (TPSA) is 72.9 Å². The lowest BCUT2D eigenvalue weighted by Crippen LogP contribution is -2.42. The molecule has 35 heavy (non-hydrogen) atoms. The summed E-state index contributed by atoms with van der Waals surface area (Å²) in [6.07, 6.45) is -4.08. The molecule has 2 heterocycles. The Morgan fingerprint density at radius 1 is 1.09 bits per heavy atom. The lowest BCUT2D eigenvalue weighted by molar-refractivity contribution is -0.290. The van der Waals surface area contributed by atoms with Gasteiger partial charge in [0.25, 0.3) is 5.91 Å². The van der Waals surface area contributed by atoms with Crippen molar-refractivity contribution in [3.05, 3.63) is 58.7 Å². The number of nitrogens with zero attached hydrogens (tertiary/aromatic N) is 1. The van der Waals surface area contributed by atoms with Crippen molar-refractivity contribution >= 4 is 15.7 Å². The fourth-order valence-electron chi connectivity index (χ4n) is 4.06. The van der Waals surface area contributed by atoms with Crippen LogP contribution in [0.3, 0.4) is 0 Å². The van der Waals surface area contributed by atoms with Crippen LogP contribution < -0.4 is 4.74 Å². The van der Waals surface area contributed by atoms with Gasteiger partial charge in [-0.05, 0) is 41.3 Å². The summed E-state index contributed by atoms with van der Waals surface area (Å²) in [7, 11) is -3.80. The van der Waals surface area contributed by atoms with Crippen molar-refractivity contribution in [1.82, 2.24) is 4.90 Å². The second-order valence-corrected chi connectivity index (χ2v) is 10.7. The van der Waals surface area contributed by atoms with Gasteiger partial charge < -0.3 is 14.4 Å². The Balaban J connectivity index is 1.60. The maximum atomic E-state index is 13.4. The number of sulfone groups is 1. The quantitative estimate of drug-likeness (QED) is 0.532. The van der Waals surface area contributed by atoms with E-state index in [4.69, 9.17) is 9.47 Å². The first-order valence-corrected chi connectivity index (χ1v) is 12.6. The van der Waals surface area contributed by atoms with Crippen molar-refractivity contribution in [2.75, 3.05) is 26.1 Å². The first-order chi connectivity index (χ1) is 16.3. The highest BCUT2D eigenvalue weighted by molar-refractivity contribution is 7.90. The summed E-state index contributed by atoms with van der Waals surface area (Å²) in [6.45, 7) is -0.460. The number of halogens is 5. The number of alkyl halides is 5. The van der Waals surface area contributed by atoms with Gasteiger partial charge >= 0.3 is 12.1 Å². The lowest BCUT2D eigenvalue weighted by Gasteiger charge is -2.22. The third-order valence-corrected chi connectivity index (χ3v) is 7.18. The number of amides is 1. The van der Waals surface area contributed by atoms with Crippen LogP contribution in [0.1, 0.15) is 39.4 Å².